The summed E-state index contributed by atoms with van der Waals surface area (Å²) in [4.78, 5) is 19.6. The molecular formula is C18H14N2O2S. The number of para-hydroxylation sites is 2. The van der Waals surface area contributed by atoms with E-state index in [-0.39, 0.29) is 5.63 Å². The lowest BCUT2D eigenvalue weighted by Gasteiger charge is -2.04. The third-order valence-electron chi connectivity index (χ3n) is 3.72. The van der Waals surface area contributed by atoms with Gasteiger partial charge >= 0.3 is 5.63 Å². The molecule has 0 aliphatic carbocycles. The summed E-state index contributed by atoms with van der Waals surface area (Å²) in [5.74, 6) is 0.658. The molecule has 0 fully saturated rings. The van der Waals surface area contributed by atoms with Crippen molar-refractivity contribution in [3.8, 4) is 0 Å². The Morgan fingerprint density at radius 3 is 2.91 bits per heavy atom. The number of benzene rings is 2. The first kappa shape index (κ1) is 14.1. The number of imidazole rings is 1. The molecule has 0 spiro atoms. The van der Waals surface area contributed by atoms with Gasteiger partial charge in [-0.1, -0.05) is 36.0 Å². The molecule has 114 valence electrons. The van der Waals surface area contributed by atoms with Crippen molar-refractivity contribution in [2.24, 2.45) is 0 Å². The van der Waals surface area contributed by atoms with Gasteiger partial charge in [0.15, 0.2) is 5.16 Å². The minimum absolute atomic E-state index is 0.316. The maximum atomic E-state index is 11.8. The maximum Gasteiger partial charge on any atom is 0.336 e. The molecular weight excluding hydrogens is 308 g/mol. The average Bonchev–Trinajstić information content (AvgIpc) is 2.94. The topological polar surface area (TPSA) is 58.9 Å². The van der Waals surface area contributed by atoms with Gasteiger partial charge in [-0.2, -0.15) is 0 Å². The van der Waals surface area contributed by atoms with Crippen molar-refractivity contribution < 1.29 is 4.42 Å². The number of nitrogens with zero attached hydrogens (tertiary/aromatic N) is 1. The highest BCUT2D eigenvalue weighted by Gasteiger charge is 2.08. The molecule has 5 heteroatoms. The minimum atomic E-state index is -0.316. The van der Waals surface area contributed by atoms with Gasteiger partial charge in [0.1, 0.15) is 5.58 Å². The van der Waals surface area contributed by atoms with Crippen LogP contribution in [-0.2, 0) is 5.75 Å². The molecule has 0 aliphatic rings. The number of rotatable bonds is 3. The lowest BCUT2D eigenvalue weighted by molar-refractivity contribution is 0.559. The number of fused-ring (bicyclic) bond motifs is 2. The first-order chi connectivity index (χ1) is 11.2. The molecule has 0 radical (unpaired) electrons. The zero-order valence-corrected chi connectivity index (χ0v) is 13.3. The molecule has 2 heterocycles. The molecule has 0 unspecified atom stereocenters. The van der Waals surface area contributed by atoms with Crippen LogP contribution in [0.4, 0.5) is 0 Å². The normalized spacial score (nSPS) is 11.3. The van der Waals surface area contributed by atoms with Crippen LogP contribution in [-0.4, -0.2) is 9.97 Å². The van der Waals surface area contributed by atoms with Crippen molar-refractivity contribution in [2.45, 2.75) is 17.8 Å². The third kappa shape index (κ3) is 2.75. The average molecular weight is 322 g/mol. The fourth-order valence-electron chi connectivity index (χ4n) is 2.60. The fraction of sp³-hybridized carbons (Fsp3) is 0.111. The van der Waals surface area contributed by atoms with Crippen molar-refractivity contribution in [1.82, 2.24) is 9.97 Å². The lowest BCUT2D eigenvalue weighted by atomic mass is 10.1. The number of thioether (sulfide) groups is 1. The Morgan fingerprint density at radius 1 is 1.17 bits per heavy atom. The summed E-state index contributed by atoms with van der Waals surface area (Å²) in [6, 6.07) is 15.4. The number of aromatic nitrogens is 2. The Morgan fingerprint density at radius 2 is 2.04 bits per heavy atom. The van der Waals surface area contributed by atoms with E-state index < -0.39 is 0 Å². The fourth-order valence-corrected chi connectivity index (χ4v) is 3.48. The van der Waals surface area contributed by atoms with Gasteiger partial charge in [-0.05, 0) is 36.2 Å². The third-order valence-corrected chi connectivity index (χ3v) is 4.64. The quantitative estimate of drug-likeness (QED) is 0.452. The Hall–Kier alpha value is -2.53. The molecule has 2 aromatic heterocycles. The van der Waals surface area contributed by atoms with Crippen molar-refractivity contribution in [3.05, 3.63) is 70.1 Å². The van der Waals surface area contributed by atoms with E-state index in [9.17, 15) is 4.79 Å². The van der Waals surface area contributed by atoms with E-state index in [1.165, 1.54) is 0 Å². The number of hydrogen-bond acceptors (Lipinski definition) is 4. The summed E-state index contributed by atoms with van der Waals surface area (Å²) >= 11 is 1.58. The summed E-state index contributed by atoms with van der Waals surface area (Å²) in [5.41, 5.74) is 4.32. The van der Waals surface area contributed by atoms with Crippen LogP contribution in [0.15, 0.2) is 62.9 Å². The Balaban J connectivity index is 1.68. The summed E-state index contributed by atoms with van der Waals surface area (Å²) in [6.07, 6.45) is 0. The zero-order chi connectivity index (χ0) is 15.8. The smallest absolute Gasteiger partial charge is 0.336 e. The molecule has 0 atom stereocenters. The second kappa shape index (κ2) is 5.59. The molecule has 1 N–H and O–H groups in total. The van der Waals surface area contributed by atoms with Gasteiger partial charge in [0.2, 0.25) is 0 Å². The molecule has 23 heavy (non-hydrogen) atoms. The predicted octanol–water partition coefficient (Wildman–Crippen LogP) is 4.27. The first-order valence-corrected chi connectivity index (χ1v) is 8.28. The van der Waals surface area contributed by atoms with E-state index in [0.29, 0.717) is 11.3 Å². The highest BCUT2D eigenvalue weighted by Crippen LogP contribution is 2.26. The highest BCUT2D eigenvalue weighted by atomic mass is 32.2. The van der Waals surface area contributed by atoms with Gasteiger partial charge in [-0.15, -0.1) is 0 Å². The molecule has 2 aromatic carbocycles. The predicted molar refractivity (Wildman–Crippen MR) is 92.9 cm³/mol. The van der Waals surface area contributed by atoms with Crippen molar-refractivity contribution >= 4 is 33.8 Å². The van der Waals surface area contributed by atoms with Crippen LogP contribution in [0.5, 0.6) is 0 Å². The number of nitrogens with one attached hydrogen (secondary N) is 1. The van der Waals surface area contributed by atoms with Crippen LogP contribution in [0.25, 0.3) is 22.0 Å². The van der Waals surface area contributed by atoms with Crippen LogP contribution in [0, 0.1) is 6.92 Å². The van der Waals surface area contributed by atoms with Gasteiger partial charge < -0.3 is 9.40 Å². The Kier molecular flexibility index (Phi) is 3.42. The Bertz CT molecular complexity index is 1030. The number of H-pyrrole nitrogens is 1. The monoisotopic (exact) mass is 322 g/mol. The number of hydrogen-bond donors (Lipinski definition) is 1. The van der Waals surface area contributed by atoms with Gasteiger partial charge in [0, 0.05) is 17.2 Å². The zero-order valence-electron chi connectivity index (χ0n) is 12.5. The minimum Gasteiger partial charge on any atom is -0.423 e. The van der Waals surface area contributed by atoms with Gasteiger partial charge in [-0.3, -0.25) is 0 Å². The second-order valence-corrected chi connectivity index (χ2v) is 6.40. The van der Waals surface area contributed by atoms with E-state index in [4.69, 9.17) is 4.42 Å². The highest BCUT2D eigenvalue weighted by molar-refractivity contribution is 7.98. The molecule has 0 aliphatic heterocycles. The van der Waals surface area contributed by atoms with Gasteiger partial charge in [-0.25, -0.2) is 9.78 Å². The SMILES string of the molecule is Cc1ccc2c(CSc3nc4ccccc4[nH]3)cc(=O)oc2c1. The van der Waals surface area contributed by atoms with Crippen molar-refractivity contribution in [2.75, 3.05) is 0 Å². The van der Waals surface area contributed by atoms with Gasteiger partial charge in [0.25, 0.3) is 0 Å². The Labute approximate surface area is 136 Å². The van der Waals surface area contributed by atoms with Crippen LogP contribution >= 0.6 is 11.8 Å². The van der Waals surface area contributed by atoms with E-state index >= 15 is 0 Å². The lowest BCUT2D eigenvalue weighted by Crippen LogP contribution is -2.00. The molecule has 4 aromatic rings. The second-order valence-electron chi connectivity index (χ2n) is 5.44. The van der Waals surface area contributed by atoms with Gasteiger partial charge in [0.05, 0.1) is 11.0 Å². The largest absolute Gasteiger partial charge is 0.423 e. The van der Waals surface area contributed by atoms with Crippen LogP contribution in [0.3, 0.4) is 0 Å². The number of aromatic amines is 1. The molecule has 0 saturated carbocycles. The summed E-state index contributed by atoms with van der Waals surface area (Å²) in [6.45, 7) is 1.98. The van der Waals surface area contributed by atoms with E-state index in [0.717, 1.165) is 32.7 Å². The van der Waals surface area contributed by atoms with E-state index in [1.807, 2.05) is 49.4 Å². The molecule has 0 bridgehead atoms. The number of aryl methyl sites for hydroxylation is 1. The van der Waals surface area contributed by atoms with Crippen LogP contribution < -0.4 is 5.63 Å². The first-order valence-electron chi connectivity index (χ1n) is 7.30. The van der Waals surface area contributed by atoms with Crippen molar-refractivity contribution in [3.63, 3.8) is 0 Å². The molecule has 4 rings (SSSR count). The van der Waals surface area contributed by atoms with Crippen LogP contribution in [0.1, 0.15) is 11.1 Å². The van der Waals surface area contributed by atoms with E-state index in [2.05, 4.69) is 9.97 Å². The summed E-state index contributed by atoms with van der Waals surface area (Å²) < 4.78 is 5.29. The standard InChI is InChI=1S/C18H14N2O2S/c1-11-6-7-13-12(9-17(21)22-16(13)8-11)10-23-18-19-14-4-2-3-5-15(14)20-18/h2-9H,10H2,1H3,(H,19,20). The van der Waals surface area contributed by atoms with Crippen LogP contribution in [0.2, 0.25) is 0 Å². The van der Waals surface area contributed by atoms with Crippen molar-refractivity contribution in [1.29, 1.82) is 0 Å². The summed E-state index contributed by atoms with van der Waals surface area (Å²) in [7, 11) is 0. The maximum absolute atomic E-state index is 11.8. The van der Waals surface area contributed by atoms with E-state index in [1.54, 1.807) is 17.8 Å². The molecule has 0 saturated heterocycles. The summed E-state index contributed by atoms with van der Waals surface area (Å²) in [5, 5.41) is 1.82. The molecule has 0 amide bonds. The molecule has 4 nitrogen and oxygen atoms in total.